The van der Waals surface area contributed by atoms with Crippen molar-refractivity contribution in [2.24, 2.45) is 0 Å². The number of halogens is 4. The van der Waals surface area contributed by atoms with Gasteiger partial charge in [-0.15, -0.1) is 11.6 Å². The van der Waals surface area contributed by atoms with Crippen molar-refractivity contribution < 1.29 is 0 Å². The van der Waals surface area contributed by atoms with Crippen LogP contribution in [0, 0.1) is 0 Å². The van der Waals surface area contributed by atoms with Crippen molar-refractivity contribution >= 4 is 59.4 Å². The fourth-order valence-corrected chi connectivity index (χ4v) is 3.28. The van der Waals surface area contributed by atoms with Crippen LogP contribution in [0.2, 0.25) is 0 Å². The van der Waals surface area contributed by atoms with Crippen LogP contribution in [0.3, 0.4) is 0 Å². The molecular formula is C6H8Br3Cl. The second kappa shape index (κ2) is 7.14. The van der Waals surface area contributed by atoms with Gasteiger partial charge in [0.05, 0.1) is 0 Å². The molecule has 10 heavy (non-hydrogen) atoms. The summed E-state index contributed by atoms with van der Waals surface area (Å²) in [5, 5.41) is 2.65. The summed E-state index contributed by atoms with van der Waals surface area (Å²) in [6.45, 7) is 0. The van der Waals surface area contributed by atoms with E-state index in [0.29, 0.717) is 5.88 Å². The lowest BCUT2D eigenvalue weighted by Crippen LogP contribution is -1.97. The Morgan fingerprint density at radius 1 is 0.900 bits per heavy atom. The fourth-order valence-electron chi connectivity index (χ4n) is 0.449. The molecule has 4 heteroatoms. The number of hydrogen-bond acceptors (Lipinski definition) is 0. The summed E-state index contributed by atoms with van der Waals surface area (Å²) >= 11 is 15.8. The van der Waals surface area contributed by atoms with E-state index in [2.05, 4.69) is 47.8 Å². The molecule has 0 nitrogen and oxygen atoms in total. The van der Waals surface area contributed by atoms with Crippen molar-refractivity contribution in [2.75, 3.05) is 21.9 Å². The number of allylic oxidation sites excluding steroid dienone is 2. The van der Waals surface area contributed by atoms with E-state index in [-0.39, 0.29) is 0 Å². The molecule has 0 heterocycles. The Morgan fingerprint density at radius 2 is 1.30 bits per heavy atom. The molecule has 0 aliphatic heterocycles. The Hall–Kier alpha value is 1.47. The molecule has 0 spiro atoms. The quantitative estimate of drug-likeness (QED) is 0.533. The summed E-state index contributed by atoms with van der Waals surface area (Å²) in [5.74, 6) is 0.609. The van der Waals surface area contributed by atoms with Gasteiger partial charge in [-0.25, -0.2) is 0 Å². The van der Waals surface area contributed by atoms with Gasteiger partial charge in [-0.1, -0.05) is 47.8 Å². The SMILES string of the molecule is ClCC(CBr)=C(CBr)CBr. The van der Waals surface area contributed by atoms with Gasteiger partial charge in [-0.05, 0) is 11.1 Å². The first-order chi connectivity index (χ1) is 4.79. The van der Waals surface area contributed by atoms with Crippen molar-refractivity contribution in [1.29, 1.82) is 0 Å². The third-order valence-corrected chi connectivity index (χ3v) is 3.50. The van der Waals surface area contributed by atoms with E-state index < -0.39 is 0 Å². The lowest BCUT2D eigenvalue weighted by Gasteiger charge is -2.04. The lowest BCUT2D eigenvalue weighted by molar-refractivity contribution is 1.29. The van der Waals surface area contributed by atoms with Crippen LogP contribution >= 0.6 is 59.4 Å². The normalized spacial score (nSPS) is 9.60. The van der Waals surface area contributed by atoms with Gasteiger partial charge >= 0.3 is 0 Å². The largest absolute Gasteiger partial charge is 0.122 e. The number of hydrogen-bond donors (Lipinski definition) is 0. The van der Waals surface area contributed by atoms with E-state index in [0.717, 1.165) is 16.0 Å². The molecule has 0 saturated carbocycles. The van der Waals surface area contributed by atoms with Crippen LogP contribution in [0.25, 0.3) is 0 Å². The van der Waals surface area contributed by atoms with Crippen LogP contribution in [-0.2, 0) is 0 Å². The standard InChI is InChI=1S/C6H8Br3Cl/c7-1-5(2-8)6(3-9)4-10/h1-4H2. The summed E-state index contributed by atoms with van der Waals surface area (Å²) in [4.78, 5) is 0. The highest BCUT2D eigenvalue weighted by Crippen LogP contribution is 2.14. The summed E-state index contributed by atoms with van der Waals surface area (Å²) in [6.07, 6.45) is 0. The topological polar surface area (TPSA) is 0 Å². The van der Waals surface area contributed by atoms with Crippen LogP contribution in [0.5, 0.6) is 0 Å². The maximum absolute atomic E-state index is 5.69. The molecule has 0 atom stereocenters. The van der Waals surface area contributed by atoms with Crippen LogP contribution in [0.4, 0.5) is 0 Å². The minimum absolute atomic E-state index is 0.609. The van der Waals surface area contributed by atoms with E-state index in [4.69, 9.17) is 11.6 Å². The number of alkyl halides is 4. The summed E-state index contributed by atoms with van der Waals surface area (Å²) in [7, 11) is 0. The average molecular weight is 355 g/mol. The highest BCUT2D eigenvalue weighted by molar-refractivity contribution is 9.10. The molecule has 0 bridgehead atoms. The van der Waals surface area contributed by atoms with Crippen LogP contribution in [0.15, 0.2) is 11.1 Å². The molecule has 0 aromatic rings. The highest BCUT2D eigenvalue weighted by atomic mass is 79.9. The summed E-state index contributed by atoms with van der Waals surface area (Å²) < 4.78 is 0. The first-order valence-electron chi connectivity index (χ1n) is 2.73. The number of rotatable bonds is 4. The van der Waals surface area contributed by atoms with E-state index >= 15 is 0 Å². The third-order valence-electron chi connectivity index (χ3n) is 1.15. The Bertz CT molecular complexity index is 96.2. The summed E-state index contributed by atoms with van der Waals surface area (Å²) in [6, 6.07) is 0. The second-order valence-electron chi connectivity index (χ2n) is 1.74. The van der Waals surface area contributed by atoms with Gasteiger partial charge in [0.25, 0.3) is 0 Å². The molecule has 0 aliphatic rings. The molecule has 0 aromatic heterocycles. The molecule has 0 rings (SSSR count). The maximum atomic E-state index is 5.69. The van der Waals surface area contributed by atoms with E-state index in [9.17, 15) is 0 Å². The van der Waals surface area contributed by atoms with E-state index in [1.165, 1.54) is 11.1 Å². The first-order valence-corrected chi connectivity index (χ1v) is 6.63. The van der Waals surface area contributed by atoms with Gasteiger partial charge in [0.2, 0.25) is 0 Å². The van der Waals surface area contributed by atoms with Gasteiger partial charge in [0, 0.05) is 21.9 Å². The molecule has 0 aliphatic carbocycles. The Labute approximate surface area is 91.8 Å². The Balaban J connectivity index is 4.20. The third kappa shape index (κ3) is 3.74. The van der Waals surface area contributed by atoms with Crippen molar-refractivity contribution in [3.05, 3.63) is 11.1 Å². The molecule has 60 valence electrons. The van der Waals surface area contributed by atoms with Crippen molar-refractivity contribution in [3.63, 3.8) is 0 Å². The zero-order chi connectivity index (χ0) is 7.98. The van der Waals surface area contributed by atoms with Crippen molar-refractivity contribution in [3.8, 4) is 0 Å². The van der Waals surface area contributed by atoms with Gasteiger partial charge in [0.1, 0.15) is 0 Å². The van der Waals surface area contributed by atoms with Gasteiger partial charge in [-0.2, -0.15) is 0 Å². The predicted molar refractivity (Wildman–Crippen MR) is 59.1 cm³/mol. The predicted octanol–water partition coefficient (Wildman–Crippen LogP) is 3.71. The fraction of sp³-hybridized carbons (Fsp3) is 0.667. The smallest absolute Gasteiger partial charge is 0.0444 e. The molecular weight excluding hydrogens is 347 g/mol. The van der Waals surface area contributed by atoms with Crippen molar-refractivity contribution in [1.82, 2.24) is 0 Å². The van der Waals surface area contributed by atoms with Gasteiger partial charge < -0.3 is 0 Å². The highest BCUT2D eigenvalue weighted by Gasteiger charge is 2.01. The minimum atomic E-state index is 0.609. The molecule has 0 radical (unpaired) electrons. The van der Waals surface area contributed by atoms with Crippen LogP contribution in [-0.4, -0.2) is 21.9 Å². The van der Waals surface area contributed by atoms with Crippen LogP contribution in [0.1, 0.15) is 0 Å². The second-order valence-corrected chi connectivity index (χ2v) is 3.69. The van der Waals surface area contributed by atoms with Gasteiger partial charge in [0.15, 0.2) is 0 Å². The molecule has 0 amide bonds. The average Bonchev–Trinajstić information content (AvgIpc) is 2.00. The van der Waals surface area contributed by atoms with E-state index in [1.807, 2.05) is 0 Å². The maximum Gasteiger partial charge on any atom is 0.0444 e. The lowest BCUT2D eigenvalue weighted by atomic mass is 10.2. The Morgan fingerprint density at radius 3 is 1.40 bits per heavy atom. The molecule has 0 saturated heterocycles. The monoisotopic (exact) mass is 352 g/mol. The van der Waals surface area contributed by atoms with Gasteiger partial charge in [-0.3, -0.25) is 0 Å². The zero-order valence-corrected chi connectivity index (χ0v) is 10.9. The molecule has 0 fully saturated rings. The molecule has 0 unspecified atom stereocenters. The minimum Gasteiger partial charge on any atom is -0.122 e. The molecule has 0 N–H and O–H groups in total. The molecule has 0 aromatic carbocycles. The zero-order valence-electron chi connectivity index (χ0n) is 5.34. The Kier molecular flexibility index (Phi) is 8.19. The van der Waals surface area contributed by atoms with E-state index in [1.54, 1.807) is 0 Å². The summed E-state index contributed by atoms with van der Waals surface area (Å²) in [5.41, 5.74) is 2.59. The van der Waals surface area contributed by atoms with Crippen molar-refractivity contribution in [2.45, 2.75) is 0 Å². The first kappa shape index (κ1) is 11.5. The van der Waals surface area contributed by atoms with Crippen LogP contribution < -0.4 is 0 Å².